The van der Waals surface area contributed by atoms with Crippen LogP contribution in [0, 0.1) is 18.7 Å². The highest BCUT2D eigenvalue weighted by molar-refractivity contribution is 5.95. The summed E-state index contributed by atoms with van der Waals surface area (Å²) in [5, 5.41) is 2.99. The fourth-order valence-corrected chi connectivity index (χ4v) is 2.99. The van der Waals surface area contributed by atoms with Gasteiger partial charge in [-0.25, -0.2) is 4.39 Å². The maximum atomic E-state index is 13.3. The minimum absolute atomic E-state index is 0.00883. The van der Waals surface area contributed by atoms with Gasteiger partial charge in [-0.3, -0.25) is 4.79 Å². The van der Waals surface area contributed by atoms with Gasteiger partial charge in [0.05, 0.1) is 0 Å². The van der Waals surface area contributed by atoms with Gasteiger partial charge in [0.25, 0.3) is 5.91 Å². The van der Waals surface area contributed by atoms with Crippen LogP contribution in [-0.4, -0.2) is 18.5 Å². The van der Waals surface area contributed by atoms with Gasteiger partial charge in [-0.2, -0.15) is 0 Å². The smallest absolute Gasteiger partial charge is 0.251 e. The van der Waals surface area contributed by atoms with Crippen LogP contribution in [0.25, 0.3) is 0 Å². The fourth-order valence-electron chi connectivity index (χ4n) is 2.99. The van der Waals surface area contributed by atoms with Gasteiger partial charge in [-0.1, -0.05) is 25.3 Å². The first-order chi connectivity index (χ1) is 9.61. The van der Waals surface area contributed by atoms with Crippen LogP contribution in [-0.2, 0) is 0 Å². The Morgan fingerprint density at radius 1 is 1.40 bits per heavy atom. The molecule has 1 aliphatic rings. The van der Waals surface area contributed by atoms with Crippen molar-refractivity contribution in [2.24, 2.45) is 11.7 Å². The summed E-state index contributed by atoms with van der Waals surface area (Å²) >= 11 is 0. The van der Waals surface area contributed by atoms with Crippen LogP contribution < -0.4 is 11.1 Å². The second kappa shape index (κ2) is 6.84. The topological polar surface area (TPSA) is 55.1 Å². The average molecular weight is 278 g/mol. The molecule has 20 heavy (non-hydrogen) atoms. The van der Waals surface area contributed by atoms with Crippen LogP contribution in [0.1, 0.15) is 48.0 Å². The molecule has 0 spiro atoms. The number of amides is 1. The third-order valence-electron chi connectivity index (χ3n) is 4.23. The number of rotatable bonds is 4. The molecule has 1 aromatic rings. The Morgan fingerprint density at radius 3 is 2.75 bits per heavy atom. The summed E-state index contributed by atoms with van der Waals surface area (Å²) in [4.78, 5) is 12.3. The zero-order chi connectivity index (χ0) is 14.5. The van der Waals surface area contributed by atoms with Crippen molar-refractivity contribution in [3.8, 4) is 0 Å². The van der Waals surface area contributed by atoms with Crippen LogP contribution >= 0.6 is 0 Å². The monoisotopic (exact) mass is 278 g/mol. The Bertz CT molecular complexity index is 470. The fraction of sp³-hybridized carbons (Fsp3) is 0.562. The number of nitrogens with two attached hydrogens (primary N) is 1. The van der Waals surface area contributed by atoms with Crippen LogP contribution in [0.3, 0.4) is 0 Å². The maximum absolute atomic E-state index is 13.3. The zero-order valence-corrected chi connectivity index (χ0v) is 12.0. The molecule has 0 bridgehead atoms. The molecule has 0 saturated heterocycles. The number of carbonyl (C=O) groups excluding carboxylic acids is 1. The second-order valence-corrected chi connectivity index (χ2v) is 5.67. The molecule has 1 amide bonds. The average Bonchev–Trinajstić information content (AvgIpc) is 2.48. The third-order valence-corrected chi connectivity index (χ3v) is 4.23. The summed E-state index contributed by atoms with van der Waals surface area (Å²) in [6.07, 6.45) is 5.91. The minimum Gasteiger partial charge on any atom is -0.348 e. The van der Waals surface area contributed by atoms with Gasteiger partial charge in [0.15, 0.2) is 0 Å². The normalized spacial score (nSPS) is 17.8. The van der Waals surface area contributed by atoms with Crippen LogP contribution in [0.4, 0.5) is 4.39 Å². The molecule has 0 radical (unpaired) electrons. The molecule has 2 rings (SSSR count). The van der Waals surface area contributed by atoms with E-state index in [1.54, 1.807) is 6.07 Å². The Morgan fingerprint density at radius 2 is 2.10 bits per heavy atom. The van der Waals surface area contributed by atoms with E-state index in [1.807, 2.05) is 6.92 Å². The lowest BCUT2D eigenvalue weighted by molar-refractivity contribution is 0.0914. The standard InChI is InChI=1S/C16H23FN2O/c1-11-7-8-13(17)9-14(11)16(20)19-15(10-18)12-5-3-2-4-6-12/h7-9,12,15H,2-6,10,18H2,1H3,(H,19,20). The van der Waals surface area contributed by atoms with Crippen LogP contribution in [0.5, 0.6) is 0 Å². The highest BCUT2D eigenvalue weighted by Crippen LogP contribution is 2.26. The van der Waals surface area contributed by atoms with Gasteiger partial charge < -0.3 is 11.1 Å². The molecular formula is C16H23FN2O. The molecule has 4 heteroatoms. The Labute approximate surface area is 119 Å². The van der Waals surface area contributed by atoms with E-state index in [4.69, 9.17) is 5.73 Å². The molecule has 0 heterocycles. The Hall–Kier alpha value is -1.42. The van der Waals surface area contributed by atoms with Crippen molar-refractivity contribution in [1.82, 2.24) is 5.32 Å². The van der Waals surface area contributed by atoms with Crippen molar-refractivity contribution in [1.29, 1.82) is 0 Å². The van der Waals surface area contributed by atoms with Gasteiger partial charge in [0, 0.05) is 18.2 Å². The molecule has 1 fully saturated rings. The first-order valence-corrected chi connectivity index (χ1v) is 7.39. The lowest BCUT2D eigenvalue weighted by atomic mass is 9.83. The highest BCUT2D eigenvalue weighted by Gasteiger charge is 2.24. The van der Waals surface area contributed by atoms with Gasteiger partial charge in [-0.15, -0.1) is 0 Å². The van der Waals surface area contributed by atoms with E-state index in [0.717, 1.165) is 18.4 Å². The molecule has 3 N–H and O–H groups in total. The van der Waals surface area contributed by atoms with Crippen molar-refractivity contribution in [2.45, 2.75) is 45.1 Å². The largest absolute Gasteiger partial charge is 0.348 e. The number of halogens is 1. The van der Waals surface area contributed by atoms with Crippen molar-refractivity contribution in [2.75, 3.05) is 6.54 Å². The molecular weight excluding hydrogens is 255 g/mol. The van der Waals surface area contributed by atoms with E-state index in [-0.39, 0.29) is 17.8 Å². The summed E-state index contributed by atoms with van der Waals surface area (Å²) in [5.74, 6) is -0.155. The number of nitrogens with one attached hydrogen (secondary N) is 1. The molecule has 1 aromatic carbocycles. The van der Waals surface area contributed by atoms with Gasteiger partial charge in [0.1, 0.15) is 5.82 Å². The summed E-state index contributed by atoms with van der Waals surface area (Å²) in [6, 6.07) is 4.28. The molecule has 1 unspecified atom stereocenters. The maximum Gasteiger partial charge on any atom is 0.251 e. The van der Waals surface area contributed by atoms with Crippen molar-refractivity contribution in [3.63, 3.8) is 0 Å². The summed E-state index contributed by atoms with van der Waals surface area (Å²) < 4.78 is 13.3. The molecule has 1 atom stereocenters. The zero-order valence-electron chi connectivity index (χ0n) is 12.0. The molecule has 0 aromatic heterocycles. The van der Waals surface area contributed by atoms with Gasteiger partial charge >= 0.3 is 0 Å². The van der Waals surface area contributed by atoms with Crippen molar-refractivity contribution in [3.05, 3.63) is 35.1 Å². The lowest BCUT2D eigenvalue weighted by Crippen LogP contribution is -2.46. The van der Waals surface area contributed by atoms with E-state index in [0.29, 0.717) is 18.0 Å². The second-order valence-electron chi connectivity index (χ2n) is 5.67. The number of aryl methyl sites for hydroxylation is 1. The van der Waals surface area contributed by atoms with Gasteiger partial charge in [-0.05, 0) is 43.4 Å². The van der Waals surface area contributed by atoms with Crippen molar-refractivity contribution < 1.29 is 9.18 Å². The molecule has 1 saturated carbocycles. The predicted molar refractivity (Wildman–Crippen MR) is 78.0 cm³/mol. The summed E-state index contributed by atoms with van der Waals surface area (Å²) in [6.45, 7) is 2.25. The van der Waals surface area contributed by atoms with Crippen LogP contribution in [0.2, 0.25) is 0 Å². The van der Waals surface area contributed by atoms with Gasteiger partial charge in [0.2, 0.25) is 0 Å². The SMILES string of the molecule is Cc1ccc(F)cc1C(=O)NC(CN)C1CCCCC1. The number of carbonyl (C=O) groups is 1. The van der Waals surface area contributed by atoms with E-state index >= 15 is 0 Å². The molecule has 110 valence electrons. The first-order valence-electron chi connectivity index (χ1n) is 7.39. The van der Waals surface area contributed by atoms with E-state index in [1.165, 1.54) is 31.4 Å². The quantitative estimate of drug-likeness (QED) is 0.889. The van der Waals surface area contributed by atoms with Crippen molar-refractivity contribution >= 4 is 5.91 Å². The number of hydrogen-bond acceptors (Lipinski definition) is 2. The third kappa shape index (κ3) is 3.57. The highest BCUT2D eigenvalue weighted by atomic mass is 19.1. The van der Waals surface area contributed by atoms with E-state index in [9.17, 15) is 9.18 Å². The van der Waals surface area contributed by atoms with Crippen LogP contribution in [0.15, 0.2) is 18.2 Å². The summed E-state index contributed by atoms with van der Waals surface area (Å²) in [7, 11) is 0. The minimum atomic E-state index is -0.386. The van der Waals surface area contributed by atoms with E-state index < -0.39 is 0 Å². The summed E-state index contributed by atoms with van der Waals surface area (Å²) in [5.41, 5.74) is 6.99. The lowest BCUT2D eigenvalue weighted by Gasteiger charge is -2.30. The number of hydrogen-bond donors (Lipinski definition) is 2. The molecule has 0 aliphatic heterocycles. The molecule has 1 aliphatic carbocycles. The Kier molecular flexibility index (Phi) is 5.12. The number of benzene rings is 1. The van der Waals surface area contributed by atoms with E-state index in [2.05, 4.69) is 5.32 Å². The Balaban J connectivity index is 2.06. The first kappa shape index (κ1) is 15.0. The molecule has 3 nitrogen and oxygen atoms in total. The predicted octanol–water partition coefficient (Wildman–Crippen LogP) is 2.77.